The summed E-state index contributed by atoms with van der Waals surface area (Å²) >= 11 is 0. The fourth-order valence-electron chi connectivity index (χ4n) is 2.36. The van der Waals surface area contributed by atoms with E-state index in [9.17, 15) is 15.0 Å². The maximum atomic E-state index is 11.2. The minimum absolute atomic E-state index is 0.184. The van der Waals surface area contributed by atoms with Gasteiger partial charge in [-0.25, -0.2) is 4.79 Å². The number of carboxylic acid groups (broad SMARTS) is 1. The quantitative estimate of drug-likeness (QED) is 0.755. The highest BCUT2D eigenvalue weighted by Gasteiger charge is 2.27. The van der Waals surface area contributed by atoms with Crippen LogP contribution in [0.5, 0.6) is 0 Å². The first-order valence-electron chi connectivity index (χ1n) is 6.11. The largest absolute Gasteiger partial charge is 0.478 e. The van der Waals surface area contributed by atoms with Crippen LogP contribution in [0, 0.1) is 19.8 Å². The molecule has 0 unspecified atom stereocenters. The molecule has 1 aliphatic carbocycles. The van der Waals surface area contributed by atoms with Crippen molar-refractivity contribution in [2.45, 2.75) is 32.8 Å². The Morgan fingerprint density at radius 3 is 2.72 bits per heavy atom. The Labute approximate surface area is 106 Å². The maximum absolute atomic E-state index is 11.2. The third-order valence-electron chi connectivity index (χ3n) is 3.33. The Kier molecular flexibility index (Phi) is 3.52. The van der Waals surface area contributed by atoms with Crippen LogP contribution >= 0.6 is 0 Å². The number of rotatable bonds is 4. The molecule has 0 aliphatic heterocycles. The van der Waals surface area contributed by atoms with E-state index in [1.807, 2.05) is 6.92 Å². The van der Waals surface area contributed by atoms with Gasteiger partial charge in [0.1, 0.15) is 5.56 Å². The van der Waals surface area contributed by atoms with Crippen molar-refractivity contribution in [3.05, 3.63) is 23.0 Å². The van der Waals surface area contributed by atoms with Crippen LogP contribution in [-0.2, 0) is 0 Å². The van der Waals surface area contributed by atoms with Crippen LogP contribution < -0.4 is 5.32 Å². The van der Waals surface area contributed by atoms with Gasteiger partial charge in [0.2, 0.25) is 0 Å². The summed E-state index contributed by atoms with van der Waals surface area (Å²) in [5.74, 6) is -0.536. The summed E-state index contributed by atoms with van der Waals surface area (Å²) in [5, 5.41) is 21.6. The second-order valence-corrected chi connectivity index (χ2v) is 4.95. The molecule has 98 valence electrons. The van der Waals surface area contributed by atoms with E-state index in [2.05, 4.69) is 10.3 Å². The number of hydrogen-bond donors (Lipinski definition) is 3. The zero-order chi connectivity index (χ0) is 13.3. The third-order valence-corrected chi connectivity index (χ3v) is 3.33. The summed E-state index contributed by atoms with van der Waals surface area (Å²) in [6.45, 7) is 4.24. The predicted octanol–water partition coefficient (Wildman–Crippen LogP) is 1.58. The number of pyridine rings is 1. The number of aliphatic hydroxyl groups is 1. The number of aromatic nitrogens is 1. The molecule has 0 radical (unpaired) electrons. The van der Waals surface area contributed by atoms with Gasteiger partial charge >= 0.3 is 5.97 Å². The molecule has 2 rings (SSSR count). The highest BCUT2D eigenvalue weighted by molar-refractivity contribution is 5.95. The highest BCUT2D eigenvalue weighted by Crippen LogP contribution is 2.28. The van der Waals surface area contributed by atoms with Crippen LogP contribution in [0.3, 0.4) is 0 Å². The molecule has 1 aromatic heterocycles. The van der Waals surface area contributed by atoms with Crippen molar-refractivity contribution in [1.82, 2.24) is 4.98 Å². The van der Waals surface area contributed by atoms with Crippen LogP contribution in [0.15, 0.2) is 6.07 Å². The van der Waals surface area contributed by atoms with E-state index in [4.69, 9.17) is 0 Å². The number of carboxylic acids is 1. The van der Waals surface area contributed by atoms with Crippen molar-refractivity contribution in [1.29, 1.82) is 0 Å². The van der Waals surface area contributed by atoms with Gasteiger partial charge in [0.15, 0.2) is 0 Å². The monoisotopic (exact) mass is 250 g/mol. The molecule has 0 spiro atoms. The van der Waals surface area contributed by atoms with Crippen LogP contribution in [-0.4, -0.2) is 33.8 Å². The minimum Gasteiger partial charge on any atom is -0.478 e. The summed E-state index contributed by atoms with van der Waals surface area (Å²) in [5.41, 5.74) is 2.18. The number of aliphatic hydroxyl groups excluding tert-OH is 1. The third kappa shape index (κ3) is 2.61. The van der Waals surface area contributed by atoms with E-state index in [-0.39, 0.29) is 11.7 Å². The predicted molar refractivity (Wildman–Crippen MR) is 67.9 cm³/mol. The number of anilines is 1. The molecule has 0 amide bonds. The first kappa shape index (κ1) is 12.8. The summed E-state index contributed by atoms with van der Waals surface area (Å²) in [4.78, 5) is 15.4. The summed E-state index contributed by atoms with van der Waals surface area (Å²) in [6, 6.07) is 1.76. The van der Waals surface area contributed by atoms with Crippen molar-refractivity contribution in [2.24, 2.45) is 5.92 Å². The SMILES string of the molecule is Cc1cc(NCC2CC(O)C2)c(C(=O)O)c(C)n1. The molecule has 18 heavy (non-hydrogen) atoms. The lowest BCUT2D eigenvalue weighted by atomic mass is 9.82. The second kappa shape index (κ2) is 4.94. The van der Waals surface area contributed by atoms with Gasteiger partial charge in [-0.05, 0) is 38.7 Å². The molecule has 1 aromatic rings. The lowest BCUT2D eigenvalue weighted by molar-refractivity contribution is 0.0486. The fourth-order valence-corrected chi connectivity index (χ4v) is 2.36. The first-order valence-corrected chi connectivity index (χ1v) is 6.11. The van der Waals surface area contributed by atoms with Crippen molar-refractivity contribution >= 4 is 11.7 Å². The number of aromatic carboxylic acids is 1. The van der Waals surface area contributed by atoms with E-state index in [1.54, 1.807) is 13.0 Å². The standard InChI is InChI=1S/C13H18N2O3/c1-7-3-11(12(13(17)18)8(2)15-7)14-6-9-4-10(16)5-9/h3,9-10,16H,4-6H2,1-2H3,(H,14,15)(H,17,18). The molecule has 1 fully saturated rings. The molecule has 1 heterocycles. The molecule has 1 saturated carbocycles. The van der Waals surface area contributed by atoms with Gasteiger partial charge in [0.25, 0.3) is 0 Å². The van der Waals surface area contributed by atoms with Gasteiger partial charge in [-0.15, -0.1) is 0 Å². The molecular formula is C13H18N2O3. The van der Waals surface area contributed by atoms with E-state index in [0.29, 0.717) is 23.8 Å². The number of hydrogen-bond acceptors (Lipinski definition) is 4. The topological polar surface area (TPSA) is 82.5 Å². The molecule has 5 heteroatoms. The second-order valence-electron chi connectivity index (χ2n) is 4.95. The van der Waals surface area contributed by atoms with Crippen molar-refractivity contribution in [3.8, 4) is 0 Å². The zero-order valence-electron chi connectivity index (χ0n) is 10.6. The maximum Gasteiger partial charge on any atom is 0.339 e. The normalized spacial score (nSPS) is 22.4. The number of nitrogens with zero attached hydrogens (tertiary/aromatic N) is 1. The van der Waals surface area contributed by atoms with Crippen molar-refractivity contribution in [3.63, 3.8) is 0 Å². The number of nitrogens with one attached hydrogen (secondary N) is 1. The highest BCUT2D eigenvalue weighted by atomic mass is 16.4. The zero-order valence-corrected chi connectivity index (χ0v) is 10.6. The van der Waals surface area contributed by atoms with E-state index in [0.717, 1.165) is 18.5 Å². The van der Waals surface area contributed by atoms with Gasteiger partial charge < -0.3 is 15.5 Å². The van der Waals surface area contributed by atoms with Crippen LogP contribution in [0.25, 0.3) is 0 Å². The van der Waals surface area contributed by atoms with Gasteiger partial charge in [-0.1, -0.05) is 0 Å². The Balaban J connectivity index is 2.12. The van der Waals surface area contributed by atoms with Gasteiger partial charge in [-0.3, -0.25) is 4.98 Å². The van der Waals surface area contributed by atoms with Gasteiger partial charge in [0.05, 0.1) is 17.5 Å². The lowest BCUT2D eigenvalue weighted by Crippen LogP contribution is -2.33. The lowest BCUT2D eigenvalue weighted by Gasteiger charge is -2.31. The Morgan fingerprint density at radius 1 is 1.50 bits per heavy atom. The number of carbonyl (C=O) groups is 1. The summed E-state index contributed by atoms with van der Waals surface area (Å²) < 4.78 is 0. The Hall–Kier alpha value is -1.62. The van der Waals surface area contributed by atoms with Gasteiger partial charge in [0, 0.05) is 12.2 Å². The summed E-state index contributed by atoms with van der Waals surface area (Å²) in [7, 11) is 0. The number of aryl methyl sites for hydroxylation is 2. The van der Waals surface area contributed by atoms with Gasteiger partial charge in [-0.2, -0.15) is 0 Å². The molecule has 0 aromatic carbocycles. The van der Waals surface area contributed by atoms with E-state index < -0.39 is 5.97 Å². The summed E-state index contributed by atoms with van der Waals surface area (Å²) in [6.07, 6.45) is 1.40. The average Bonchev–Trinajstić information content (AvgIpc) is 2.21. The molecule has 3 N–H and O–H groups in total. The molecule has 5 nitrogen and oxygen atoms in total. The van der Waals surface area contributed by atoms with Crippen LogP contribution in [0.4, 0.5) is 5.69 Å². The van der Waals surface area contributed by atoms with Crippen molar-refractivity contribution < 1.29 is 15.0 Å². The molecule has 0 atom stereocenters. The van der Waals surface area contributed by atoms with Crippen LogP contribution in [0.1, 0.15) is 34.6 Å². The molecule has 1 aliphatic rings. The Morgan fingerprint density at radius 2 is 2.17 bits per heavy atom. The van der Waals surface area contributed by atoms with Crippen LogP contribution in [0.2, 0.25) is 0 Å². The van der Waals surface area contributed by atoms with Crippen molar-refractivity contribution in [2.75, 3.05) is 11.9 Å². The first-order chi connectivity index (χ1) is 8.47. The smallest absolute Gasteiger partial charge is 0.339 e. The molecule has 0 saturated heterocycles. The van der Waals surface area contributed by atoms with E-state index >= 15 is 0 Å². The molecule has 0 bridgehead atoms. The Bertz CT molecular complexity index is 468. The molecular weight excluding hydrogens is 232 g/mol. The average molecular weight is 250 g/mol. The minimum atomic E-state index is -0.962. The van der Waals surface area contributed by atoms with E-state index in [1.165, 1.54) is 0 Å². The fraction of sp³-hybridized carbons (Fsp3) is 0.538.